The van der Waals surface area contributed by atoms with Gasteiger partial charge in [-0.25, -0.2) is 0 Å². The fourth-order valence-electron chi connectivity index (χ4n) is 2.67. The summed E-state index contributed by atoms with van der Waals surface area (Å²) in [7, 11) is 0. The normalized spacial score (nSPS) is 18.7. The molecular formula is C17H12N2OS. The lowest BCUT2D eigenvalue weighted by Gasteiger charge is -2.16. The zero-order chi connectivity index (χ0) is 14.4. The number of allylic oxidation sites excluding steroid dienone is 2. The number of amidine groups is 1. The van der Waals surface area contributed by atoms with Gasteiger partial charge < -0.3 is 0 Å². The number of aliphatic imine (C=N–C) groups is 1. The van der Waals surface area contributed by atoms with Crippen LogP contribution in [0.4, 0.5) is 0 Å². The predicted molar refractivity (Wildman–Crippen MR) is 87.1 cm³/mol. The van der Waals surface area contributed by atoms with Gasteiger partial charge in [-0.3, -0.25) is 9.69 Å². The Hall–Kier alpha value is -2.46. The van der Waals surface area contributed by atoms with Crippen LogP contribution in [0.2, 0.25) is 0 Å². The molecule has 1 amide bonds. The van der Waals surface area contributed by atoms with Crippen LogP contribution in [0.5, 0.6) is 0 Å². The lowest BCUT2D eigenvalue weighted by atomic mass is 10.1. The maximum atomic E-state index is 12.1. The van der Waals surface area contributed by atoms with Gasteiger partial charge in [-0.1, -0.05) is 18.2 Å². The molecule has 21 heavy (non-hydrogen) atoms. The highest BCUT2D eigenvalue weighted by Crippen LogP contribution is 2.32. The molecular weight excluding hydrogens is 280 g/mol. The Labute approximate surface area is 126 Å². The predicted octanol–water partition coefficient (Wildman–Crippen LogP) is 3.87. The van der Waals surface area contributed by atoms with E-state index < -0.39 is 0 Å². The number of thiophene rings is 1. The molecule has 2 aromatic rings. The Morgan fingerprint density at radius 2 is 2.19 bits per heavy atom. The molecule has 1 aromatic heterocycles. The number of amides is 1. The molecule has 1 aromatic carbocycles. The van der Waals surface area contributed by atoms with Crippen LogP contribution < -0.4 is 0 Å². The second-order valence-electron chi connectivity index (χ2n) is 5.01. The first kappa shape index (κ1) is 12.3. The number of hydrogen-bond donors (Lipinski definition) is 0. The molecule has 0 saturated heterocycles. The van der Waals surface area contributed by atoms with E-state index in [1.165, 1.54) is 15.6 Å². The van der Waals surface area contributed by atoms with Crippen LogP contribution in [0.15, 0.2) is 58.7 Å². The minimum atomic E-state index is -0.186. The zero-order valence-electron chi connectivity index (χ0n) is 11.4. The summed E-state index contributed by atoms with van der Waals surface area (Å²) in [5.41, 5.74) is 2.91. The van der Waals surface area contributed by atoms with Gasteiger partial charge in [0, 0.05) is 16.3 Å². The smallest absolute Gasteiger partial charge is 0.295 e. The minimum Gasteiger partial charge on any atom is -0.297 e. The molecule has 0 spiro atoms. The molecule has 3 nitrogen and oxygen atoms in total. The largest absolute Gasteiger partial charge is 0.297 e. The second-order valence-corrected chi connectivity index (χ2v) is 5.93. The first-order chi connectivity index (χ1) is 10.2. The van der Waals surface area contributed by atoms with Gasteiger partial charge >= 0.3 is 0 Å². The molecule has 0 saturated carbocycles. The van der Waals surface area contributed by atoms with Crippen molar-refractivity contribution in [1.29, 1.82) is 0 Å². The summed E-state index contributed by atoms with van der Waals surface area (Å²) in [6, 6.07) is 6.27. The van der Waals surface area contributed by atoms with Gasteiger partial charge in [-0.05, 0) is 47.7 Å². The van der Waals surface area contributed by atoms with Crippen LogP contribution in [-0.4, -0.2) is 16.6 Å². The van der Waals surface area contributed by atoms with Gasteiger partial charge in [0.2, 0.25) is 0 Å². The summed E-state index contributed by atoms with van der Waals surface area (Å²) in [6.07, 6.45) is 9.44. The number of benzene rings is 1. The van der Waals surface area contributed by atoms with Crippen molar-refractivity contribution in [1.82, 2.24) is 4.90 Å². The van der Waals surface area contributed by atoms with Crippen LogP contribution >= 0.6 is 11.3 Å². The highest BCUT2D eigenvalue weighted by molar-refractivity contribution is 7.17. The van der Waals surface area contributed by atoms with Crippen LogP contribution in [0, 0.1) is 6.92 Å². The third kappa shape index (κ3) is 1.87. The topological polar surface area (TPSA) is 32.7 Å². The maximum Gasteiger partial charge on any atom is 0.295 e. The zero-order valence-corrected chi connectivity index (χ0v) is 12.2. The first-order valence-corrected chi connectivity index (χ1v) is 7.57. The van der Waals surface area contributed by atoms with E-state index in [2.05, 4.69) is 35.5 Å². The van der Waals surface area contributed by atoms with Crippen molar-refractivity contribution in [3.05, 3.63) is 64.8 Å². The molecule has 0 N–H and O–H groups in total. The average Bonchev–Trinajstić information content (AvgIpc) is 3.03. The Morgan fingerprint density at radius 3 is 3.10 bits per heavy atom. The Bertz CT molecular complexity index is 883. The highest BCUT2D eigenvalue weighted by Gasteiger charge is 2.27. The van der Waals surface area contributed by atoms with Crippen LogP contribution in [-0.2, 0) is 4.79 Å². The first-order valence-electron chi connectivity index (χ1n) is 6.70. The number of carbonyl (C=O) groups excluding carboxylic acids is 1. The quantitative estimate of drug-likeness (QED) is 0.747. The van der Waals surface area contributed by atoms with Crippen molar-refractivity contribution >= 4 is 39.2 Å². The van der Waals surface area contributed by atoms with E-state index in [-0.39, 0.29) is 5.91 Å². The summed E-state index contributed by atoms with van der Waals surface area (Å²) in [5.74, 6) is 0.499. The molecule has 0 atom stereocenters. The lowest BCUT2D eigenvalue weighted by Crippen LogP contribution is -2.20. The van der Waals surface area contributed by atoms with Gasteiger partial charge in [0.1, 0.15) is 11.5 Å². The Balaban J connectivity index is 1.86. The molecule has 2 aliphatic rings. The molecule has 2 aliphatic heterocycles. The Kier molecular flexibility index (Phi) is 2.65. The molecule has 4 rings (SSSR count). The Morgan fingerprint density at radius 1 is 1.29 bits per heavy atom. The maximum absolute atomic E-state index is 12.1. The molecule has 0 fully saturated rings. The monoisotopic (exact) mass is 292 g/mol. The molecule has 0 radical (unpaired) electrons. The summed E-state index contributed by atoms with van der Waals surface area (Å²) >= 11 is 1.70. The number of aryl methyl sites for hydroxylation is 1. The molecule has 0 aliphatic carbocycles. The van der Waals surface area contributed by atoms with Gasteiger partial charge in [0.25, 0.3) is 5.91 Å². The van der Waals surface area contributed by atoms with Crippen molar-refractivity contribution in [2.45, 2.75) is 6.92 Å². The van der Waals surface area contributed by atoms with Crippen molar-refractivity contribution in [3.8, 4) is 0 Å². The highest BCUT2D eigenvalue weighted by atomic mass is 32.1. The van der Waals surface area contributed by atoms with E-state index in [9.17, 15) is 4.79 Å². The summed E-state index contributed by atoms with van der Waals surface area (Å²) in [5, 5.41) is 3.31. The van der Waals surface area contributed by atoms with E-state index in [0.717, 1.165) is 5.56 Å². The van der Waals surface area contributed by atoms with Crippen molar-refractivity contribution in [2.75, 3.05) is 0 Å². The standard InChI is InChI=1S/C17H12N2OS/c1-11-5-4-6-14-16(11)12(10-21-14)9-13-17(20)18-15-7-2-3-8-19(13)15/h2-10H,1H3/b13-9-. The van der Waals surface area contributed by atoms with Crippen LogP contribution in [0.3, 0.4) is 0 Å². The van der Waals surface area contributed by atoms with Crippen molar-refractivity contribution in [2.24, 2.45) is 4.99 Å². The molecule has 4 heteroatoms. The SMILES string of the molecule is Cc1cccc2scc(/C=C3/C(=O)N=C4C=CC=CN43)c12. The van der Waals surface area contributed by atoms with E-state index >= 15 is 0 Å². The number of nitrogens with zero attached hydrogens (tertiary/aromatic N) is 2. The summed E-state index contributed by atoms with van der Waals surface area (Å²) in [4.78, 5) is 18.0. The number of fused-ring (bicyclic) bond motifs is 2. The third-order valence-electron chi connectivity index (χ3n) is 3.66. The van der Waals surface area contributed by atoms with Crippen molar-refractivity contribution in [3.63, 3.8) is 0 Å². The summed E-state index contributed by atoms with van der Waals surface area (Å²) in [6.45, 7) is 2.10. The third-order valence-corrected chi connectivity index (χ3v) is 4.63. The van der Waals surface area contributed by atoms with Gasteiger partial charge in [-0.2, -0.15) is 4.99 Å². The minimum absolute atomic E-state index is 0.186. The fourth-order valence-corrected chi connectivity index (χ4v) is 3.67. The lowest BCUT2D eigenvalue weighted by molar-refractivity contribution is -0.114. The van der Waals surface area contributed by atoms with Gasteiger partial charge in [0.15, 0.2) is 0 Å². The summed E-state index contributed by atoms with van der Waals surface area (Å²) < 4.78 is 1.24. The van der Waals surface area contributed by atoms with Gasteiger partial charge in [-0.15, -0.1) is 11.3 Å². The number of carbonyl (C=O) groups is 1. The fraction of sp³-hybridized carbons (Fsp3) is 0.0588. The average molecular weight is 292 g/mol. The van der Waals surface area contributed by atoms with E-state index in [4.69, 9.17) is 0 Å². The molecule has 3 heterocycles. The molecule has 0 unspecified atom stereocenters. The van der Waals surface area contributed by atoms with Gasteiger partial charge in [0.05, 0.1) is 0 Å². The number of rotatable bonds is 1. The molecule has 0 bridgehead atoms. The van der Waals surface area contributed by atoms with Crippen LogP contribution in [0.1, 0.15) is 11.1 Å². The second kappa shape index (κ2) is 4.53. The van der Waals surface area contributed by atoms with Crippen LogP contribution in [0.25, 0.3) is 16.2 Å². The van der Waals surface area contributed by atoms with Crippen molar-refractivity contribution < 1.29 is 4.79 Å². The van der Waals surface area contributed by atoms with E-state index in [1.54, 1.807) is 11.3 Å². The number of hydrogen-bond acceptors (Lipinski definition) is 3. The van der Waals surface area contributed by atoms with E-state index in [0.29, 0.717) is 11.5 Å². The molecule has 102 valence electrons. The van der Waals surface area contributed by atoms with E-state index in [1.807, 2.05) is 35.4 Å².